The monoisotopic (exact) mass is 364 g/mol. The summed E-state index contributed by atoms with van der Waals surface area (Å²) in [5.74, 6) is -1.30. The van der Waals surface area contributed by atoms with E-state index in [-0.39, 0.29) is 21.9 Å². The van der Waals surface area contributed by atoms with Gasteiger partial charge in [-0.05, 0) is 42.5 Å². The minimum Gasteiger partial charge on any atom is -0.496 e. The number of anilines is 1. The summed E-state index contributed by atoms with van der Waals surface area (Å²) in [7, 11) is 1.43. The number of amides is 1. The summed E-state index contributed by atoms with van der Waals surface area (Å²) < 4.78 is 5.11. The van der Waals surface area contributed by atoms with E-state index in [1.54, 1.807) is 30.3 Å². The number of ether oxygens (including phenoxy) is 1. The van der Waals surface area contributed by atoms with Gasteiger partial charge in [-0.25, -0.2) is 4.79 Å². The second kappa shape index (κ2) is 7.76. The topological polar surface area (TPSA) is 87.7 Å². The van der Waals surface area contributed by atoms with Crippen molar-refractivity contribution in [2.45, 2.75) is 0 Å². The zero-order chi connectivity index (χ0) is 17.7. The van der Waals surface area contributed by atoms with Crippen LogP contribution in [-0.2, 0) is 0 Å². The van der Waals surface area contributed by atoms with Crippen molar-refractivity contribution < 1.29 is 19.4 Å². The average Bonchev–Trinajstić information content (AvgIpc) is 2.54. The Kier molecular flexibility index (Phi) is 5.73. The number of rotatable bonds is 4. The van der Waals surface area contributed by atoms with Crippen LogP contribution in [0, 0.1) is 0 Å². The fourth-order valence-corrected chi connectivity index (χ4v) is 2.34. The molecule has 0 saturated carbocycles. The van der Waals surface area contributed by atoms with E-state index in [4.69, 9.17) is 33.7 Å². The first kappa shape index (κ1) is 17.7. The molecule has 124 valence electrons. The number of thiocarbonyl (C=S) groups is 1. The number of carbonyl (C=O) groups is 2. The number of aromatic carboxylic acids is 1. The highest BCUT2D eigenvalue weighted by molar-refractivity contribution is 7.80. The van der Waals surface area contributed by atoms with Crippen LogP contribution in [0.2, 0.25) is 5.02 Å². The maximum absolute atomic E-state index is 12.3. The molecule has 0 aliphatic rings. The maximum Gasteiger partial charge on any atom is 0.337 e. The van der Waals surface area contributed by atoms with E-state index in [2.05, 4.69) is 10.6 Å². The minimum absolute atomic E-state index is 0.0365. The van der Waals surface area contributed by atoms with Crippen LogP contribution in [0.3, 0.4) is 0 Å². The van der Waals surface area contributed by atoms with Gasteiger partial charge in [0.15, 0.2) is 5.11 Å². The molecule has 2 rings (SSSR count). The molecule has 2 aromatic rings. The molecule has 8 heteroatoms. The second-order valence-electron chi connectivity index (χ2n) is 4.60. The number of nitrogens with one attached hydrogen (secondary N) is 2. The fraction of sp³-hybridized carbons (Fsp3) is 0.0625. The Morgan fingerprint density at radius 1 is 1.17 bits per heavy atom. The molecule has 0 aromatic heterocycles. The third-order valence-electron chi connectivity index (χ3n) is 3.04. The Morgan fingerprint density at radius 3 is 2.54 bits per heavy atom. The van der Waals surface area contributed by atoms with Crippen LogP contribution in [0.25, 0.3) is 0 Å². The van der Waals surface area contributed by atoms with Crippen molar-refractivity contribution in [2.75, 3.05) is 12.4 Å². The van der Waals surface area contributed by atoms with Crippen molar-refractivity contribution in [3.63, 3.8) is 0 Å². The number of carboxylic acids is 1. The zero-order valence-electron chi connectivity index (χ0n) is 12.5. The number of para-hydroxylation sites is 1. The van der Waals surface area contributed by atoms with E-state index < -0.39 is 11.9 Å². The van der Waals surface area contributed by atoms with Crippen molar-refractivity contribution in [2.24, 2.45) is 0 Å². The first-order valence-electron chi connectivity index (χ1n) is 6.70. The summed E-state index contributed by atoms with van der Waals surface area (Å²) in [5, 5.41) is 14.6. The molecule has 0 atom stereocenters. The zero-order valence-corrected chi connectivity index (χ0v) is 14.1. The first-order valence-corrected chi connectivity index (χ1v) is 7.49. The van der Waals surface area contributed by atoms with Crippen molar-refractivity contribution in [3.05, 3.63) is 58.6 Å². The smallest absolute Gasteiger partial charge is 0.337 e. The SMILES string of the molecule is COc1ccc(Cl)cc1C(=O)NC(=S)Nc1ccccc1C(=O)O. The molecule has 2 aromatic carbocycles. The first-order chi connectivity index (χ1) is 11.4. The van der Waals surface area contributed by atoms with E-state index >= 15 is 0 Å². The normalized spacial score (nSPS) is 9.92. The lowest BCUT2D eigenvalue weighted by Crippen LogP contribution is -2.34. The third-order valence-corrected chi connectivity index (χ3v) is 3.48. The van der Waals surface area contributed by atoms with Gasteiger partial charge in [0.2, 0.25) is 0 Å². The molecule has 24 heavy (non-hydrogen) atoms. The van der Waals surface area contributed by atoms with Gasteiger partial charge in [0.05, 0.1) is 23.9 Å². The number of benzene rings is 2. The maximum atomic E-state index is 12.3. The van der Waals surface area contributed by atoms with Gasteiger partial charge in [-0.2, -0.15) is 0 Å². The van der Waals surface area contributed by atoms with Crippen LogP contribution in [0.15, 0.2) is 42.5 Å². The molecule has 0 heterocycles. The fourth-order valence-electron chi connectivity index (χ4n) is 1.96. The molecule has 3 N–H and O–H groups in total. The third kappa shape index (κ3) is 4.21. The van der Waals surface area contributed by atoms with Crippen LogP contribution in [0.4, 0.5) is 5.69 Å². The van der Waals surface area contributed by atoms with E-state index in [9.17, 15) is 9.59 Å². The van der Waals surface area contributed by atoms with Crippen LogP contribution in [0.5, 0.6) is 5.75 Å². The van der Waals surface area contributed by atoms with Crippen LogP contribution in [0.1, 0.15) is 20.7 Å². The highest BCUT2D eigenvalue weighted by Crippen LogP contribution is 2.22. The van der Waals surface area contributed by atoms with Gasteiger partial charge in [-0.1, -0.05) is 23.7 Å². The largest absolute Gasteiger partial charge is 0.496 e. The molecule has 1 amide bonds. The van der Waals surface area contributed by atoms with Gasteiger partial charge in [-0.3, -0.25) is 10.1 Å². The number of halogens is 1. The summed E-state index contributed by atoms with van der Waals surface area (Å²) in [6, 6.07) is 10.8. The van der Waals surface area contributed by atoms with Gasteiger partial charge >= 0.3 is 5.97 Å². The second-order valence-corrected chi connectivity index (χ2v) is 5.45. The van der Waals surface area contributed by atoms with E-state index in [1.165, 1.54) is 19.2 Å². The quantitative estimate of drug-likeness (QED) is 0.722. The lowest BCUT2D eigenvalue weighted by Gasteiger charge is -2.13. The van der Waals surface area contributed by atoms with Crippen LogP contribution >= 0.6 is 23.8 Å². The number of hydrogen-bond donors (Lipinski definition) is 3. The molecular weight excluding hydrogens is 352 g/mol. The number of hydrogen-bond acceptors (Lipinski definition) is 4. The predicted octanol–water partition coefficient (Wildman–Crippen LogP) is 3.17. The van der Waals surface area contributed by atoms with E-state index in [1.807, 2.05) is 0 Å². The summed E-state index contributed by atoms with van der Waals surface area (Å²) >= 11 is 11.0. The molecule has 6 nitrogen and oxygen atoms in total. The molecule has 0 fully saturated rings. The van der Waals surface area contributed by atoms with Crippen LogP contribution in [-0.4, -0.2) is 29.2 Å². The summed E-state index contributed by atoms with van der Waals surface area (Å²) in [6.45, 7) is 0. The molecule has 0 spiro atoms. The Morgan fingerprint density at radius 2 is 1.88 bits per heavy atom. The number of methoxy groups -OCH3 is 1. The molecule has 0 radical (unpaired) electrons. The van der Waals surface area contributed by atoms with Crippen molar-refractivity contribution in [1.29, 1.82) is 0 Å². The standard InChI is InChI=1S/C16H13ClN2O4S/c1-23-13-7-6-9(17)8-11(13)14(20)19-16(24)18-12-5-3-2-4-10(12)15(21)22/h2-8H,1H3,(H,21,22)(H2,18,19,20,24). The average molecular weight is 365 g/mol. The minimum atomic E-state index is -1.11. The lowest BCUT2D eigenvalue weighted by atomic mass is 10.2. The van der Waals surface area contributed by atoms with E-state index in [0.29, 0.717) is 10.8 Å². The summed E-state index contributed by atoms with van der Waals surface area (Å²) in [4.78, 5) is 23.5. The van der Waals surface area contributed by atoms with Gasteiger partial charge in [0.1, 0.15) is 5.75 Å². The lowest BCUT2D eigenvalue weighted by molar-refractivity contribution is 0.0698. The Balaban J connectivity index is 2.15. The summed E-state index contributed by atoms with van der Waals surface area (Å²) in [6.07, 6.45) is 0. The van der Waals surface area contributed by atoms with Crippen molar-refractivity contribution in [3.8, 4) is 5.75 Å². The van der Waals surface area contributed by atoms with Gasteiger partial charge < -0.3 is 15.2 Å². The van der Waals surface area contributed by atoms with E-state index in [0.717, 1.165) is 0 Å². The Labute approximate surface area is 148 Å². The van der Waals surface area contributed by atoms with Crippen molar-refractivity contribution in [1.82, 2.24) is 5.32 Å². The Hall–Kier alpha value is -2.64. The number of carbonyl (C=O) groups excluding carboxylic acids is 1. The summed E-state index contributed by atoms with van der Waals surface area (Å²) in [5.41, 5.74) is 0.517. The molecule has 0 aliphatic heterocycles. The number of carboxylic acid groups (broad SMARTS) is 1. The molecule has 0 unspecified atom stereocenters. The van der Waals surface area contributed by atoms with Crippen LogP contribution < -0.4 is 15.4 Å². The highest BCUT2D eigenvalue weighted by atomic mass is 35.5. The van der Waals surface area contributed by atoms with Gasteiger partial charge in [0.25, 0.3) is 5.91 Å². The molecule has 0 aliphatic carbocycles. The predicted molar refractivity (Wildman–Crippen MR) is 95.1 cm³/mol. The Bertz CT molecular complexity index is 810. The molecule has 0 saturated heterocycles. The highest BCUT2D eigenvalue weighted by Gasteiger charge is 2.16. The van der Waals surface area contributed by atoms with Gasteiger partial charge in [-0.15, -0.1) is 0 Å². The molecular formula is C16H13ClN2O4S. The van der Waals surface area contributed by atoms with Gasteiger partial charge in [0, 0.05) is 5.02 Å². The molecule has 0 bridgehead atoms. The van der Waals surface area contributed by atoms with Crippen molar-refractivity contribution >= 4 is 46.5 Å².